The minimum Gasteiger partial charge on any atom is -0.464 e. The van der Waals surface area contributed by atoms with Gasteiger partial charge in [-0.05, 0) is 42.5 Å². The summed E-state index contributed by atoms with van der Waals surface area (Å²) in [6, 6.07) is 13.9. The van der Waals surface area contributed by atoms with Crippen LogP contribution in [0.3, 0.4) is 0 Å². The van der Waals surface area contributed by atoms with Crippen LogP contribution in [0.25, 0.3) is 10.8 Å². The van der Waals surface area contributed by atoms with Gasteiger partial charge in [0.15, 0.2) is 0 Å². The van der Waals surface area contributed by atoms with Gasteiger partial charge >= 0.3 is 5.97 Å². The van der Waals surface area contributed by atoms with E-state index in [0.29, 0.717) is 33.4 Å². The van der Waals surface area contributed by atoms with Gasteiger partial charge in [-0.1, -0.05) is 12.1 Å². The number of hydrogen-bond acceptors (Lipinski definition) is 5. The summed E-state index contributed by atoms with van der Waals surface area (Å²) in [4.78, 5) is 37.8. The van der Waals surface area contributed by atoms with Gasteiger partial charge in [-0.3, -0.25) is 19.3 Å². The van der Waals surface area contributed by atoms with Gasteiger partial charge in [-0.2, -0.15) is 0 Å². The Morgan fingerprint density at radius 3 is 2.34 bits per heavy atom. The predicted octanol–water partition coefficient (Wildman–Crippen LogP) is 3.93. The SMILES string of the molecule is CC(=O)OCCN1C(=O)c2cccc3c(Oc4ccc(F)cc4)ccc(c23)C1=O. The minimum atomic E-state index is -0.480. The maximum absolute atomic E-state index is 13.1. The van der Waals surface area contributed by atoms with Crippen LogP contribution in [-0.4, -0.2) is 35.8 Å². The fourth-order valence-electron chi connectivity index (χ4n) is 3.32. The fourth-order valence-corrected chi connectivity index (χ4v) is 3.32. The molecule has 0 N–H and O–H groups in total. The molecule has 0 fully saturated rings. The summed E-state index contributed by atoms with van der Waals surface area (Å²) in [5, 5.41) is 1.11. The summed E-state index contributed by atoms with van der Waals surface area (Å²) in [5.41, 5.74) is 0.731. The zero-order chi connectivity index (χ0) is 20.5. The quantitative estimate of drug-likeness (QED) is 0.485. The monoisotopic (exact) mass is 393 g/mol. The van der Waals surface area contributed by atoms with Gasteiger partial charge in [0, 0.05) is 28.8 Å². The van der Waals surface area contributed by atoms with E-state index < -0.39 is 17.8 Å². The highest BCUT2D eigenvalue weighted by Crippen LogP contribution is 2.37. The second-order valence-electron chi connectivity index (χ2n) is 6.50. The van der Waals surface area contributed by atoms with Crippen molar-refractivity contribution in [2.45, 2.75) is 6.92 Å². The predicted molar refractivity (Wildman–Crippen MR) is 102 cm³/mol. The van der Waals surface area contributed by atoms with Gasteiger partial charge in [-0.25, -0.2) is 4.39 Å². The van der Waals surface area contributed by atoms with E-state index in [-0.39, 0.29) is 19.0 Å². The van der Waals surface area contributed by atoms with E-state index >= 15 is 0 Å². The molecule has 2 amide bonds. The molecule has 1 aliphatic rings. The van der Waals surface area contributed by atoms with Crippen LogP contribution in [0.4, 0.5) is 4.39 Å². The third kappa shape index (κ3) is 3.42. The lowest BCUT2D eigenvalue weighted by molar-refractivity contribution is -0.141. The molecule has 0 radical (unpaired) electrons. The number of nitrogens with zero attached hydrogens (tertiary/aromatic N) is 1. The first kappa shape index (κ1) is 18.6. The number of ether oxygens (including phenoxy) is 2. The summed E-state index contributed by atoms with van der Waals surface area (Å²) >= 11 is 0. The van der Waals surface area contributed by atoms with Crippen LogP contribution in [0.15, 0.2) is 54.6 Å². The number of hydrogen-bond donors (Lipinski definition) is 0. The van der Waals surface area contributed by atoms with Crippen molar-refractivity contribution in [2.24, 2.45) is 0 Å². The van der Waals surface area contributed by atoms with Crippen LogP contribution in [0.1, 0.15) is 27.6 Å². The van der Waals surface area contributed by atoms with Gasteiger partial charge in [0.25, 0.3) is 11.8 Å². The Hall–Kier alpha value is -3.74. The molecule has 1 heterocycles. The first-order valence-electron chi connectivity index (χ1n) is 8.94. The number of imide groups is 1. The van der Waals surface area contributed by atoms with Crippen molar-refractivity contribution in [2.75, 3.05) is 13.2 Å². The van der Waals surface area contributed by atoms with Crippen molar-refractivity contribution in [3.05, 3.63) is 71.5 Å². The lowest BCUT2D eigenvalue weighted by Crippen LogP contribution is -2.42. The average molecular weight is 393 g/mol. The van der Waals surface area contributed by atoms with Crippen molar-refractivity contribution in [3.8, 4) is 11.5 Å². The number of rotatable bonds is 5. The van der Waals surface area contributed by atoms with Gasteiger partial charge < -0.3 is 9.47 Å². The smallest absolute Gasteiger partial charge is 0.302 e. The molecule has 1 aliphatic heterocycles. The summed E-state index contributed by atoms with van der Waals surface area (Å²) in [6.45, 7) is 1.17. The maximum atomic E-state index is 13.1. The van der Waals surface area contributed by atoms with Crippen LogP contribution in [-0.2, 0) is 9.53 Å². The third-order valence-corrected chi connectivity index (χ3v) is 4.61. The van der Waals surface area contributed by atoms with Crippen LogP contribution in [0, 0.1) is 5.82 Å². The number of halogens is 1. The molecule has 0 bridgehead atoms. The van der Waals surface area contributed by atoms with Gasteiger partial charge in [-0.15, -0.1) is 0 Å². The molecular weight excluding hydrogens is 377 g/mol. The second kappa shape index (κ2) is 7.35. The Morgan fingerprint density at radius 2 is 1.66 bits per heavy atom. The molecule has 4 rings (SSSR count). The number of carbonyl (C=O) groups excluding carboxylic acids is 3. The number of benzene rings is 3. The molecule has 0 atom stereocenters. The Balaban J connectivity index is 1.73. The molecule has 0 aliphatic carbocycles. The molecule has 0 saturated heterocycles. The Labute approximate surface area is 165 Å². The highest BCUT2D eigenvalue weighted by Gasteiger charge is 2.33. The molecule has 0 spiro atoms. The van der Waals surface area contributed by atoms with Crippen LogP contribution < -0.4 is 4.74 Å². The van der Waals surface area contributed by atoms with Crippen molar-refractivity contribution < 1.29 is 28.2 Å². The first-order chi connectivity index (χ1) is 14.0. The standard InChI is InChI=1S/C22H16FNO5/c1-13(25)28-12-11-24-21(26)17-4-2-3-16-19(10-9-18(20(16)17)22(24)27)29-15-7-5-14(23)6-8-15/h2-10H,11-12H2,1H3. The van der Waals surface area contributed by atoms with Gasteiger partial charge in [0.2, 0.25) is 0 Å². The zero-order valence-corrected chi connectivity index (χ0v) is 15.5. The van der Waals surface area contributed by atoms with Crippen molar-refractivity contribution in [3.63, 3.8) is 0 Å². The normalized spacial score (nSPS) is 13.0. The van der Waals surface area contributed by atoms with Gasteiger partial charge in [0.1, 0.15) is 23.9 Å². The summed E-state index contributed by atoms with van der Waals surface area (Å²) in [5.74, 6) is -0.889. The Bertz CT molecular complexity index is 1120. The topological polar surface area (TPSA) is 72.9 Å². The Morgan fingerprint density at radius 1 is 0.966 bits per heavy atom. The van der Waals surface area contributed by atoms with Crippen molar-refractivity contribution >= 4 is 28.6 Å². The van der Waals surface area contributed by atoms with E-state index in [0.717, 1.165) is 4.90 Å². The molecule has 3 aromatic carbocycles. The van der Waals surface area contributed by atoms with Gasteiger partial charge in [0.05, 0.1) is 6.54 Å². The van der Waals surface area contributed by atoms with Crippen LogP contribution >= 0.6 is 0 Å². The lowest BCUT2D eigenvalue weighted by atomic mass is 9.93. The number of amides is 2. The van der Waals surface area contributed by atoms with E-state index in [1.165, 1.54) is 31.2 Å². The van der Waals surface area contributed by atoms with Crippen molar-refractivity contribution in [1.29, 1.82) is 0 Å². The molecule has 29 heavy (non-hydrogen) atoms. The van der Waals surface area contributed by atoms with Crippen LogP contribution in [0.2, 0.25) is 0 Å². The molecule has 0 unspecified atom stereocenters. The largest absolute Gasteiger partial charge is 0.464 e. The zero-order valence-electron chi connectivity index (χ0n) is 15.5. The fraction of sp³-hybridized carbons (Fsp3) is 0.136. The molecule has 6 nitrogen and oxygen atoms in total. The molecular formula is C22H16FNO5. The van der Waals surface area contributed by atoms with E-state index in [1.54, 1.807) is 30.3 Å². The Kier molecular flexibility index (Phi) is 4.72. The molecule has 3 aromatic rings. The van der Waals surface area contributed by atoms with Crippen molar-refractivity contribution in [1.82, 2.24) is 4.90 Å². The van der Waals surface area contributed by atoms with E-state index in [2.05, 4.69) is 0 Å². The lowest BCUT2D eigenvalue weighted by Gasteiger charge is -2.27. The highest BCUT2D eigenvalue weighted by molar-refractivity contribution is 6.26. The van der Waals surface area contributed by atoms with E-state index in [4.69, 9.17) is 9.47 Å². The molecule has 0 saturated carbocycles. The average Bonchev–Trinajstić information content (AvgIpc) is 2.71. The molecule has 7 heteroatoms. The highest BCUT2D eigenvalue weighted by atomic mass is 19.1. The molecule has 0 aromatic heterocycles. The maximum Gasteiger partial charge on any atom is 0.302 e. The van der Waals surface area contributed by atoms with Crippen LogP contribution in [0.5, 0.6) is 11.5 Å². The second-order valence-corrected chi connectivity index (χ2v) is 6.50. The molecule has 146 valence electrons. The summed E-state index contributed by atoms with van der Waals surface area (Å²) in [6.07, 6.45) is 0. The van der Waals surface area contributed by atoms with E-state index in [1.807, 2.05) is 0 Å². The third-order valence-electron chi connectivity index (χ3n) is 4.61. The summed E-state index contributed by atoms with van der Waals surface area (Å²) < 4.78 is 23.8. The first-order valence-corrected chi connectivity index (χ1v) is 8.94. The number of esters is 1. The minimum absolute atomic E-state index is 0.0269. The number of carbonyl (C=O) groups is 3. The summed E-state index contributed by atoms with van der Waals surface area (Å²) in [7, 11) is 0. The van der Waals surface area contributed by atoms with E-state index in [9.17, 15) is 18.8 Å².